The molecule has 1 heterocycles. The Kier molecular flexibility index (Phi) is 3.88. The Morgan fingerprint density at radius 3 is 1.55 bits per heavy atom. The number of hydrogen-bond donors (Lipinski definition) is 0. The molecule has 0 saturated carbocycles. The third kappa shape index (κ3) is 2.38. The van der Waals surface area contributed by atoms with Crippen molar-refractivity contribution in [3.63, 3.8) is 0 Å². The topological polar surface area (TPSA) is 18.5 Å². The number of rotatable bonds is 1. The lowest BCUT2D eigenvalue weighted by Crippen LogP contribution is -2.42. The molecule has 2 aromatic rings. The summed E-state index contributed by atoms with van der Waals surface area (Å²) in [4.78, 5) is 0. The molecule has 8 heteroatoms. The van der Waals surface area contributed by atoms with E-state index in [-0.39, 0.29) is 13.2 Å². The Bertz CT molecular complexity index is 681. The highest BCUT2D eigenvalue weighted by atomic mass is 19.2. The minimum atomic E-state index is -2.21. The quantitative estimate of drug-likeness (QED) is 0.349. The first kappa shape index (κ1) is 15.0. The fraction of sp³-hybridized carbons (Fsp3) is 0.143. The number of fused-ring (bicyclic) bond motifs is 1. The van der Waals surface area contributed by atoms with E-state index in [0.717, 1.165) is 0 Å². The van der Waals surface area contributed by atoms with Crippen LogP contribution in [0.1, 0.15) is 11.1 Å². The Hall–Kier alpha value is -1.93. The fourth-order valence-electron chi connectivity index (χ4n) is 2.21. The summed E-state index contributed by atoms with van der Waals surface area (Å²) in [7, 11) is -1.68. The summed E-state index contributed by atoms with van der Waals surface area (Å²) in [5, 5.41) is 0. The summed E-state index contributed by atoms with van der Waals surface area (Å²) in [5.41, 5.74) is 0.312. The molecule has 0 N–H and O–H groups in total. The average molecular weight is 314 g/mol. The molecule has 0 unspecified atom stereocenters. The maximum atomic E-state index is 13.8. The van der Waals surface area contributed by atoms with E-state index >= 15 is 0 Å². The molecule has 1 aliphatic rings. The maximum absolute atomic E-state index is 13.8. The third-order valence-corrected chi connectivity index (χ3v) is 3.38. The summed E-state index contributed by atoms with van der Waals surface area (Å²) < 4.78 is 77.4. The zero-order chi connectivity index (χ0) is 15.9. The Morgan fingerprint density at radius 2 is 1.09 bits per heavy atom. The van der Waals surface area contributed by atoms with E-state index in [1.54, 1.807) is 24.3 Å². The van der Waals surface area contributed by atoms with Gasteiger partial charge in [-0.15, -0.1) is 0 Å². The number of benzene rings is 2. The summed E-state index contributed by atoms with van der Waals surface area (Å²) in [6.45, 7) is -0.138. The van der Waals surface area contributed by atoms with Crippen molar-refractivity contribution in [1.82, 2.24) is 0 Å². The zero-order valence-electron chi connectivity index (χ0n) is 11.0. The first-order chi connectivity index (χ1) is 10.5. The van der Waals surface area contributed by atoms with Crippen LogP contribution in [0.5, 0.6) is 0 Å². The van der Waals surface area contributed by atoms with Crippen molar-refractivity contribution < 1.29 is 31.3 Å². The fourth-order valence-corrected chi connectivity index (χ4v) is 2.21. The van der Waals surface area contributed by atoms with Crippen molar-refractivity contribution in [3.05, 3.63) is 64.5 Å². The second-order valence-electron chi connectivity index (χ2n) is 4.71. The van der Waals surface area contributed by atoms with Crippen molar-refractivity contribution in [2.24, 2.45) is 0 Å². The number of hydrogen-bond acceptors (Lipinski definition) is 2. The summed E-state index contributed by atoms with van der Waals surface area (Å²) in [6.07, 6.45) is 0. The highest BCUT2D eigenvalue weighted by Crippen LogP contribution is 2.21. The Labute approximate surface area is 122 Å². The van der Waals surface area contributed by atoms with Gasteiger partial charge in [-0.25, -0.2) is 22.0 Å². The third-order valence-electron chi connectivity index (χ3n) is 3.38. The molecule has 2 nitrogen and oxygen atoms in total. The molecule has 3 rings (SSSR count). The minimum absolute atomic E-state index is 0.0691. The van der Waals surface area contributed by atoms with Gasteiger partial charge in [0, 0.05) is 0 Å². The molecule has 0 atom stereocenters. The van der Waals surface area contributed by atoms with Crippen molar-refractivity contribution in [2.75, 3.05) is 0 Å². The van der Waals surface area contributed by atoms with E-state index < -0.39 is 41.7 Å². The number of halogens is 5. The summed E-state index contributed by atoms with van der Waals surface area (Å²) >= 11 is 0. The van der Waals surface area contributed by atoms with Crippen molar-refractivity contribution in [3.8, 4) is 0 Å². The monoisotopic (exact) mass is 314 g/mol. The highest BCUT2D eigenvalue weighted by Gasteiger charge is 2.37. The second-order valence-corrected chi connectivity index (χ2v) is 4.71. The summed E-state index contributed by atoms with van der Waals surface area (Å²) in [6, 6.07) is 6.92. The SMILES string of the molecule is Fc1c(F)c(F)c(B2OCc3ccccc3CO2)c(F)c1F. The van der Waals surface area contributed by atoms with Crippen LogP contribution >= 0.6 is 0 Å². The van der Waals surface area contributed by atoms with Crippen LogP contribution in [-0.4, -0.2) is 7.12 Å². The second kappa shape index (κ2) is 5.70. The molecule has 0 spiro atoms. The van der Waals surface area contributed by atoms with Crippen LogP contribution in [0.15, 0.2) is 24.3 Å². The van der Waals surface area contributed by atoms with E-state index in [0.29, 0.717) is 11.1 Å². The van der Waals surface area contributed by atoms with Crippen LogP contribution < -0.4 is 5.46 Å². The molecule has 1 aliphatic heterocycles. The zero-order valence-corrected chi connectivity index (χ0v) is 11.0. The van der Waals surface area contributed by atoms with Gasteiger partial charge >= 0.3 is 7.12 Å². The Balaban J connectivity index is 2.00. The molecule has 0 amide bonds. The van der Waals surface area contributed by atoms with E-state index in [4.69, 9.17) is 9.31 Å². The normalized spacial score (nSPS) is 14.7. The minimum Gasteiger partial charge on any atom is -0.403 e. The van der Waals surface area contributed by atoms with Gasteiger partial charge in [0.2, 0.25) is 0 Å². The first-order valence-electron chi connectivity index (χ1n) is 6.32. The van der Waals surface area contributed by atoms with Gasteiger partial charge in [0.1, 0.15) is 0 Å². The molecule has 0 radical (unpaired) electrons. The predicted octanol–water partition coefficient (Wildman–Crippen LogP) is 2.82. The predicted molar refractivity (Wildman–Crippen MR) is 67.6 cm³/mol. The van der Waals surface area contributed by atoms with Gasteiger partial charge in [0.25, 0.3) is 0 Å². The highest BCUT2D eigenvalue weighted by molar-refractivity contribution is 6.61. The van der Waals surface area contributed by atoms with Gasteiger partial charge in [-0.2, -0.15) is 0 Å². The molecule has 0 saturated heterocycles. The lowest BCUT2D eigenvalue weighted by Gasteiger charge is -2.14. The van der Waals surface area contributed by atoms with Crippen LogP contribution in [0, 0.1) is 29.1 Å². The molecule has 0 aromatic heterocycles. The van der Waals surface area contributed by atoms with Gasteiger partial charge in [-0.05, 0) is 11.1 Å². The van der Waals surface area contributed by atoms with Crippen molar-refractivity contribution in [1.29, 1.82) is 0 Å². The van der Waals surface area contributed by atoms with E-state index in [1.807, 2.05) is 0 Å². The van der Waals surface area contributed by atoms with Gasteiger partial charge in [0.15, 0.2) is 29.1 Å². The van der Waals surface area contributed by atoms with Crippen LogP contribution in [0.25, 0.3) is 0 Å². The van der Waals surface area contributed by atoms with Gasteiger partial charge in [0.05, 0.1) is 18.7 Å². The average Bonchev–Trinajstić information content (AvgIpc) is 2.74. The van der Waals surface area contributed by atoms with E-state index in [9.17, 15) is 22.0 Å². The van der Waals surface area contributed by atoms with E-state index in [2.05, 4.69) is 0 Å². The Morgan fingerprint density at radius 1 is 0.682 bits per heavy atom. The van der Waals surface area contributed by atoms with Crippen LogP contribution in [0.2, 0.25) is 0 Å². The summed E-state index contributed by atoms with van der Waals surface area (Å²) in [5.74, 6) is -10.2. The van der Waals surface area contributed by atoms with Gasteiger partial charge in [-0.1, -0.05) is 24.3 Å². The molecule has 2 aromatic carbocycles. The van der Waals surface area contributed by atoms with E-state index in [1.165, 1.54) is 0 Å². The van der Waals surface area contributed by atoms with Crippen LogP contribution in [0.4, 0.5) is 22.0 Å². The van der Waals surface area contributed by atoms with Crippen molar-refractivity contribution in [2.45, 2.75) is 13.2 Å². The largest absolute Gasteiger partial charge is 0.500 e. The van der Waals surface area contributed by atoms with Gasteiger partial charge in [-0.3, -0.25) is 0 Å². The maximum Gasteiger partial charge on any atom is 0.500 e. The smallest absolute Gasteiger partial charge is 0.403 e. The molecular weight excluding hydrogens is 306 g/mol. The molecule has 22 heavy (non-hydrogen) atoms. The molecule has 0 fully saturated rings. The standard InChI is InChI=1S/C14H8BF5O2/c16-10-9(11(17)13(19)14(20)12(10)18)15-21-5-7-3-1-2-4-8(7)6-22-15/h1-4H,5-6H2. The lowest BCUT2D eigenvalue weighted by atomic mass is 9.77. The lowest BCUT2D eigenvalue weighted by molar-refractivity contribution is 0.207. The first-order valence-corrected chi connectivity index (χ1v) is 6.32. The molecule has 114 valence electrons. The van der Waals surface area contributed by atoms with Gasteiger partial charge < -0.3 is 9.31 Å². The molecular formula is C14H8BF5O2. The molecule has 0 bridgehead atoms. The van der Waals surface area contributed by atoms with Crippen LogP contribution in [-0.2, 0) is 22.5 Å². The van der Waals surface area contributed by atoms with Crippen molar-refractivity contribution >= 4 is 12.6 Å². The molecule has 0 aliphatic carbocycles. The van der Waals surface area contributed by atoms with Crippen LogP contribution in [0.3, 0.4) is 0 Å².